The van der Waals surface area contributed by atoms with E-state index in [0.29, 0.717) is 12.6 Å². The van der Waals surface area contributed by atoms with E-state index in [4.69, 9.17) is 0 Å². The summed E-state index contributed by atoms with van der Waals surface area (Å²) in [5, 5.41) is 10.7. The quantitative estimate of drug-likeness (QED) is 0.424. The number of nitrogens with one attached hydrogen (secondary N) is 2. The van der Waals surface area contributed by atoms with Crippen LogP contribution in [0.2, 0.25) is 0 Å². The van der Waals surface area contributed by atoms with E-state index in [-0.39, 0.29) is 36.4 Å². The Bertz CT molecular complexity index is 470. The molecular weight excluding hydrogens is 411 g/mol. The third-order valence-corrected chi connectivity index (χ3v) is 4.33. The van der Waals surface area contributed by atoms with Crippen molar-refractivity contribution in [2.75, 3.05) is 20.6 Å². The van der Waals surface area contributed by atoms with E-state index < -0.39 is 0 Å². The Morgan fingerprint density at radius 3 is 2.73 bits per heavy atom. The van der Waals surface area contributed by atoms with Crippen LogP contribution in [0, 0.1) is 0 Å². The Morgan fingerprint density at radius 1 is 1.41 bits per heavy atom. The number of hydrogen-bond acceptors (Lipinski definition) is 3. The molecule has 1 saturated carbocycles. The highest BCUT2D eigenvalue weighted by molar-refractivity contribution is 14.0. The zero-order valence-electron chi connectivity index (χ0n) is 13.2. The van der Waals surface area contributed by atoms with Gasteiger partial charge in [0, 0.05) is 20.1 Å². The van der Waals surface area contributed by atoms with Crippen molar-refractivity contribution in [1.29, 1.82) is 0 Å². The molecule has 1 fully saturated rings. The van der Waals surface area contributed by atoms with E-state index in [9.17, 15) is 4.79 Å². The molecule has 22 heavy (non-hydrogen) atoms. The number of nitrogens with zero attached hydrogens (tertiary/aromatic N) is 2. The molecule has 0 atom stereocenters. The molecule has 0 spiro atoms. The summed E-state index contributed by atoms with van der Waals surface area (Å²) < 4.78 is 0. The van der Waals surface area contributed by atoms with E-state index in [0.717, 1.165) is 5.96 Å². The Morgan fingerprint density at radius 2 is 2.14 bits per heavy atom. The zero-order valence-corrected chi connectivity index (χ0v) is 16.3. The topological polar surface area (TPSA) is 56.7 Å². The fraction of sp³-hybridized carbons (Fsp3) is 0.600. The molecule has 1 aliphatic rings. The summed E-state index contributed by atoms with van der Waals surface area (Å²) >= 11 is 1.68. The number of thiophene rings is 1. The zero-order chi connectivity index (χ0) is 15.1. The van der Waals surface area contributed by atoms with Gasteiger partial charge in [-0.25, -0.2) is 4.99 Å². The summed E-state index contributed by atoms with van der Waals surface area (Å²) in [6.07, 6.45) is 4.90. The van der Waals surface area contributed by atoms with Gasteiger partial charge < -0.3 is 15.5 Å². The first-order valence-electron chi connectivity index (χ1n) is 7.41. The maximum absolute atomic E-state index is 11.7. The Kier molecular flexibility index (Phi) is 8.77. The van der Waals surface area contributed by atoms with Crippen LogP contribution in [0.3, 0.4) is 0 Å². The number of likely N-dealkylation sites (N-methyl/N-ethyl adjacent to an activating group) is 1. The van der Waals surface area contributed by atoms with Gasteiger partial charge in [0.05, 0.1) is 13.1 Å². The molecule has 0 aromatic carbocycles. The number of amides is 1. The molecule has 2 rings (SSSR count). The van der Waals surface area contributed by atoms with Gasteiger partial charge in [-0.2, -0.15) is 11.3 Å². The van der Waals surface area contributed by atoms with E-state index >= 15 is 0 Å². The van der Waals surface area contributed by atoms with E-state index in [1.165, 1.54) is 31.2 Å². The molecule has 0 radical (unpaired) electrons. The maximum Gasteiger partial charge on any atom is 0.241 e. The largest absolute Gasteiger partial charge is 0.354 e. The van der Waals surface area contributed by atoms with Gasteiger partial charge in [0.2, 0.25) is 5.91 Å². The van der Waals surface area contributed by atoms with E-state index in [1.807, 2.05) is 0 Å². The van der Waals surface area contributed by atoms with E-state index in [2.05, 4.69) is 32.5 Å². The predicted molar refractivity (Wildman–Crippen MR) is 103 cm³/mol. The second-order valence-electron chi connectivity index (χ2n) is 5.56. The van der Waals surface area contributed by atoms with Gasteiger partial charge in [0.1, 0.15) is 0 Å². The van der Waals surface area contributed by atoms with E-state index in [1.54, 1.807) is 30.3 Å². The highest BCUT2D eigenvalue weighted by Crippen LogP contribution is 2.17. The fourth-order valence-electron chi connectivity index (χ4n) is 2.29. The SMILES string of the molecule is CN(C)C(=O)CNC(=NCc1ccsc1)NC1CCCC1.I. The van der Waals surface area contributed by atoms with Crippen LogP contribution >= 0.6 is 35.3 Å². The van der Waals surface area contributed by atoms with Gasteiger partial charge in [0.15, 0.2) is 5.96 Å². The van der Waals surface area contributed by atoms with Crippen LogP contribution in [0.5, 0.6) is 0 Å². The number of carbonyl (C=O) groups is 1. The molecule has 0 saturated heterocycles. The average molecular weight is 436 g/mol. The van der Waals surface area contributed by atoms with Crippen molar-refractivity contribution in [3.63, 3.8) is 0 Å². The first-order valence-corrected chi connectivity index (χ1v) is 8.35. The number of carbonyl (C=O) groups excluding carboxylic acids is 1. The van der Waals surface area contributed by atoms with Crippen LogP contribution in [0.15, 0.2) is 21.8 Å². The smallest absolute Gasteiger partial charge is 0.241 e. The van der Waals surface area contributed by atoms with Crippen molar-refractivity contribution in [2.45, 2.75) is 38.3 Å². The van der Waals surface area contributed by atoms with Crippen molar-refractivity contribution >= 4 is 47.2 Å². The summed E-state index contributed by atoms with van der Waals surface area (Å²) in [5.41, 5.74) is 1.20. The lowest BCUT2D eigenvalue weighted by molar-refractivity contribution is -0.127. The Labute approximate surface area is 153 Å². The molecule has 1 heterocycles. The maximum atomic E-state index is 11.7. The van der Waals surface area contributed by atoms with Crippen molar-refractivity contribution in [3.05, 3.63) is 22.4 Å². The van der Waals surface area contributed by atoms with Gasteiger partial charge in [-0.1, -0.05) is 12.8 Å². The summed E-state index contributed by atoms with van der Waals surface area (Å²) in [6, 6.07) is 2.56. The van der Waals surface area contributed by atoms with Crippen LogP contribution in [0.4, 0.5) is 0 Å². The Balaban J connectivity index is 0.00000242. The molecular formula is C15H25IN4OS. The Hall–Kier alpha value is -0.830. The predicted octanol–water partition coefficient (Wildman–Crippen LogP) is 2.43. The molecule has 0 bridgehead atoms. The third kappa shape index (κ3) is 6.51. The lowest BCUT2D eigenvalue weighted by atomic mass is 10.2. The minimum Gasteiger partial charge on any atom is -0.354 e. The average Bonchev–Trinajstić information content (AvgIpc) is 3.14. The van der Waals surface area contributed by atoms with Gasteiger partial charge in [-0.15, -0.1) is 24.0 Å². The highest BCUT2D eigenvalue weighted by Gasteiger charge is 2.16. The summed E-state index contributed by atoms with van der Waals surface area (Å²) in [4.78, 5) is 17.9. The molecule has 1 aromatic rings. The molecule has 2 N–H and O–H groups in total. The highest BCUT2D eigenvalue weighted by atomic mass is 127. The summed E-state index contributed by atoms with van der Waals surface area (Å²) in [5.74, 6) is 0.787. The normalized spacial score (nSPS) is 15.3. The molecule has 124 valence electrons. The monoisotopic (exact) mass is 436 g/mol. The molecule has 7 heteroatoms. The first kappa shape index (κ1) is 19.2. The lowest BCUT2D eigenvalue weighted by Gasteiger charge is -2.18. The van der Waals surface area contributed by atoms with Crippen LogP contribution in [0.25, 0.3) is 0 Å². The minimum absolute atomic E-state index is 0. The van der Waals surface area contributed by atoms with Crippen LogP contribution in [-0.4, -0.2) is 43.4 Å². The van der Waals surface area contributed by atoms with Crippen molar-refractivity contribution in [3.8, 4) is 0 Å². The minimum atomic E-state index is 0. The number of guanidine groups is 1. The summed E-state index contributed by atoms with van der Waals surface area (Å²) in [7, 11) is 3.52. The second kappa shape index (κ2) is 10.0. The fourth-order valence-corrected chi connectivity index (χ4v) is 2.95. The van der Waals surface area contributed by atoms with Gasteiger partial charge in [-0.3, -0.25) is 4.79 Å². The number of rotatable bonds is 5. The first-order chi connectivity index (χ1) is 10.1. The molecule has 1 aliphatic carbocycles. The van der Waals surface area contributed by atoms with Gasteiger partial charge >= 0.3 is 0 Å². The second-order valence-corrected chi connectivity index (χ2v) is 6.34. The standard InChI is InChI=1S/C15H24N4OS.HI/c1-19(2)14(20)10-17-15(18-13-5-3-4-6-13)16-9-12-7-8-21-11-12;/h7-8,11,13H,3-6,9-10H2,1-2H3,(H2,16,17,18);1H. The molecule has 0 aliphatic heterocycles. The third-order valence-electron chi connectivity index (χ3n) is 3.60. The van der Waals surface area contributed by atoms with Crippen LogP contribution < -0.4 is 10.6 Å². The lowest BCUT2D eigenvalue weighted by Crippen LogP contribution is -2.46. The summed E-state index contributed by atoms with van der Waals surface area (Å²) in [6.45, 7) is 0.914. The van der Waals surface area contributed by atoms with Gasteiger partial charge in [0.25, 0.3) is 0 Å². The number of hydrogen-bond donors (Lipinski definition) is 2. The number of halogens is 1. The van der Waals surface area contributed by atoms with Crippen molar-refractivity contribution < 1.29 is 4.79 Å². The molecule has 0 unspecified atom stereocenters. The molecule has 1 aromatic heterocycles. The van der Waals surface area contributed by atoms with Crippen molar-refractivity contribution in [1.82, 2.24) is 15.5 Å². The van der Waals surface area contributed by atoms with Gasteiger partial charge in [-0.05, 0) is 35.2 Å². The van der Waals surface area contributed by atoms with Crippen LogP contribution in [0.1, 0.15) is 31.2 Å². The molecule has 5 nitrogen and oxygen atoms in total. The van der Waals surface area contributed by atoms with Crippen molar-refractivity contribution in [2.24, 2.45) is 4.99 Å². The number of aliphatic imine (C=N–C) groups is 1. The molecule has 1 amide bonds. The van der Waals surface area contributed by atoms with Crippen LogP contribution in [-0.2, 0) is 11.3 Å².